The second-order valence-corrected chi connectivity index (χ2v) is 6.83. The van der Waals surface area contributed by atoms with E-state index in [1.807, 2.05) is 6.07 Å². The minimum Gasteiger partial charge on any atom is -0.466 e. The molecule has 0 spiro atoms. The molecule has 0 aliphatic carbocycles. The smallest absolute Gasteiger partial charge is 0.337 e. The molecule has 0 aromatic carbocycles. The summed E-state index contributed by atoms with van der Waals surface area (Å²) in [6.45, 7) is 4.06. The summed E-state index contributed by atoms with van der Waals surface area (Å²) < 4.78 is 23.7. The number of rotatable bonds is 5. The lowest BCUT2D eigenvalue weighted by atomic mass is 9.83. The van der Waals surface area contributed by atoms with E-state index in [1.54, 1.807) is 32.2 Å². The Hall–Kier alpha value is -2.66. The van der Waals surface area contributed by atoms with Crippen molar-refractivity contribution in [3.63, 3.8) is 0 Å². The quantitative estimate of drug-likeness (QED) is 0.793. The summed E-state index contributed by atoms with van der Waals surface area (Å²) in [6.07, 6.45) is -0.379. The van der Waals surface area contributed by atoms with Gasteiger partial charge in [0.25, 0.3) is 0 Å². The van der Waals surface area contributed by atoms with Gasteiger partial charge in [-0.15, -0.1) is 11.3 Å². The maximum absolute atomic E-state index is 13.6. The molecule has 2 heterocycles. The number of ether oxygens (including phenoxy) is 2. The van der Waals surface area contributed by atoms with E-state index >= 15 is 0 Å². The maximum atomic E-state index is 13.6. The number of nitrogens with zero attached hydrogens (tertiary/aromatic N) is 1. The van der Waals surface area contributed by atoms with Crippen LogP contribution in [-0.2, 0) is 19.1 Å². The number of thiophene rings is 1. The summed E-state index contributed by atoms with van der Waals surface area (Å²) in [7, 11) is 1.18. The van der Waals surface area contributed by atoms with Gasteiger partial charge >= 0.3 is 11.9 Å². The molecule has 0 fully saturated rings. The molecule has 0 radical (unpaired) electrons. The fraction of sp³-hybridized carbons (Fsp3) is 0.389. The number of carbonyl (C=O) groups is 2. The van der Waals surface area contributed by atoms with Gasteiger partial charge in [0.2, 0.25) is 0 Å². The molecule has 1 aliphatic rings. The Morgan fingerprint density at radius 1 is 1.38 bits per heavy atom. The first-order chi connectivity index (χ1) is 12.3. The highest BCUT2D eigenvalue weighted by Gasteiger charge is 2.40. The van der Waals surface area contributed by atoms with Crippen LogP contribution in [0.25, 0.3) is 0 Å². The summed E-state index contributed by atoms with van der Waals surface area (Å²) in [4.78, 5) is 25.6. The van der Waals surface area contributed by atoms with Crippen LogP contribution in [0.2, 0.25) is 0 Å². The first-order valence-electron chi connectivity index (χ1n) is 7.89. The molecular weight excluding hydrogens is 359 g/mol. The van der Waals surface area contributed by atoms with Crippen molar-refractivity contribution in [2.45, 2.75) is 32.8 Å². The molecule has 0 saturated carbocycles. The molecule has 1 aromatic rings. The van der Waals surface area contributed by atoms with Crippen LogP contribution >= 0.6 is 11.3 Å². The molecule has 1 N–H and O–H groups in total. The predicted molar refractivity (Wildman–Crippen MR) is 93.9 cm³/mol. The monoisotopic (exact) mass is 378 g/mol. The molecule has 0 amide bonds. The summed E-state index contributed by atoms with van der Waals surface area (Å²) in [5.74, 6) is -2.34. The molecule has 1 unspecified atom stereocenters. The van der Waals surface area contributed by atoms with Crippen LogP contribution < -0.4 is 5.32 Å². The van der Waals surface area contributed by atoms with Gasteiger partial charge in [0.05, 0.1) is 41.5 Å². The van der Waals surface area contributed by atoms with Crippen molar-refractivity contribution >= 4 is 23.3 Å². The molecule has 1 aromatic heterocycles. The number of halogens is 1. The summed E-state index contributed by atoms with van der Waals surface area (Å²) in [6, 6.07) is 3.64. The van der Waals surface area contributed by atoms with Gasteiger partial charge < -0.3 is 14.8 Å². The van der Waals surface area contributed by atoms with E-state index in [0.29, 0.717) is 16.1 Å². The van der Waals surface area contributed by atoms with E-state index < -0.39 is 24.5 Å². The second-order valence-electron chi connectivity index (χ2n) is 5.88. The molecular formula is C18H19FN2O4S. The fourth-order valence-electron chi connectivity index (χ4n) is 2.80. The zero-order chi connectivity index (χ0) is 19.4. The van der Waals surface area contributed by atoms with Crippen LogP contribution in [0.15, 0.2) is 34.0 Å². The Morgan fingerprint density at radius 3 is 2.62 bits per heavy atom. The van der Waals surface area contributed by atoms with Gasteiger partial charge in [0.15, 0.2) is 0 Å². The van der Waals surface area contributed by atoms with Gasteiger partial charge in [-0.3, -0.25) is 0 Å². The van der Waals surface area contributed by atoms with E-state index in [1.165, 1.54) is 18.4 Å². The molecule has 138 valence electrons. The van der Waals surface area contributed by atoms with Crippen molar-refractivity contribution < 1.29 is 23.5 Å². The normalized spacial score (nSPS) is 17.0. The Morgan fingerprint density at radius 2 is 2.08 bits per heavy atom. The van der Waals surface area contributed by atoms with E-state index in [4.69, 9.17) is 9.47 Å². The number of nitriles is 1. The minimum absolute atomic E-state index is 0.0118. The Balaban J connectivity index is 2.72. The van der Waals surface area contributed by atoms with Gasteiger partial charge in [-0.05, 0) is 32.2 Å². The Kier molecular flexibility index (Phi) is 6.16. The number of allylic oxidation sites excluding steroid dienone is 2. The van der Waals surface area contributed by atoms with Crippen molar-refractivity contribution in [3.8, 4) is 6.07 Å². The largest absolute Gasteiger partial charge is 0.466 e. The van der Waals surface area contributed by atoms with Crippen LogP contribution in [0.3, 0.4) is 0 Å². The van der Waals surface area contributed by atoms with Crippen molar-refractivity contribution in [2.24, 2.45) is 0 Å². The average molecular weight is 378 g/mol. The van der Waals surface area contributed by atoms with Crippen molar-refractivity contribution in [1.82, 2.24) is 5.32 Å². The third kappa shape index (κ3) is 3.63. The molecule has 2 rings (SSSR count). The highest BCUT2D eigenvalue weighted by molar-refractivity contribution is 7.10. The maximum Gasteiger partial charge on any atom is 0.337 e. The lowest BCUT2D eigenvalue weighted by Crippen LogP contribution is -2.34. The highest BCUT2D eigenvalue weighted by Crippen LogP contribution is 2.42. The number of hydrogen-bond donors (Lipinski definition) is 1. The first-order valence-corrected chi connectivity index (χ1v) is 8.77. The zero-order valence-corrected chi connectivity index (χ0v) is 15.7. The molecule has 0 bridgehead atoms. The van der Waals surface area contributed by atoms with Crippen LogP contribution in [0, 0.1) is 11.3 Å². The molecule has 0 saturated heterocycles. The van der Waals surface area contributed by atoms with Gasteiger partial charge in [0.1, 0.15) is 12.7 Å². The van der Waals surface area contributed by atoms with Crippen LogP contribution in [-0.4, -0.2) is 31.8 Å². The molecule has 26 heavy (non-hydrogen) atoms. The average Bonchev–Trinajstić information content (AvgIpc) is 3.07. The molecule has 8 heteroatoms. The van der Waals surface area contributed by atoms with Crippen molar-refractivity contribution in [1.29, 1.82) is 5.26 Å². The van der Waals surface area contributed by atoms with E-state index in [2.05, 4.69) is 5.32 Å². The zero-order valence-electron chi connectivity index (χ0n) is 14.9. The van der Waals surface area contributed by atoms with Crippen molar-refractivity contribution in [2.75, 3.05) is 13.8 Å². The number of alkyl halides is 1. The number of nitrogens with one attached hydrogen (secondary N) is 1. The summed E-state index contributed by atoms with van der Waals surface area (Å²) in [5.41, 5.74) is 0.825. The third-order valence-corrected chi connectivity index (χ3v) is 4.81. The third-order valence-electron chi connectivity index (χ3n) is 3.82. The van der Waals surface area contributed by atoms with Gasteiger partial charge in [-0.25, -0.2) is 14.0 Å². The lowest BCUT2D eigenvalue weighted by Gasteiger charge is -2.30. The van der Waals surface area contributed by atoms with Crippen molar-refractivity contribution in [3.05, 3.63) is 44.4 Å². The SMILES string of the molecule is COC(=O)C1=C(CF)NC(C)=C(C(=O)OC(C)C)C1c1sccc1C#N. The topological polar surface area (TPSA) is 88.4 Å². The van der Waals surface area contributed by atoms with Gasteiger partial charge in [0, 0.05) is 10.6 Å². The standard InChI is InChI=1S/C18H19FN2O4S/c1-9(2)25-18(23)13-10(3)21-12(7-19)14(17(22)24-4)15(13)16-11(8-20)5-6-26-16/h5-6,9,15,21H,7H2,1-4H3. The van der Waals surface area contributed by atoms with Crippen LogP contribution in [0.5, 0.6) is 0 Å². The highest BCUT2D eigenvalue weighted by atomic mass is 32.1. The Labute approximate surface area is 154 Å². The number of hydrogen-bond acceptors (Lipinski definition) is 7. The van der Waals surface area contributed by atoms with E-state index in [9.17, 15) is 19.2 Å². The number of carbonyl (C=O) groups excluding carboxylic acids is 2. The van der Waals surface area contributed by atoms with E-state index in [0.717, 1.165) is 0 Å². The molecule has 1 aliphatic heterocycles. The Bertz CT molecular complexity index is 832. The predicted octanol–water partition coefficient (Wildman–Crippen LogP) is 2.93. The number of esters is 2. The molecule has 6 nitrogen and oxygen atoms in total. The summed E-state index contributed by atoms with van der Waals surface area (Å²) in [5, 5.41) is 13.8. The lowest BCUT2D eigenvalue weighted by molar-refractivity contribution is -0.143. The first kappa shape index (κ1) is 19.7. The van der Waals surface area contributed by atoms with Gasteiger partial charge in [-0.2, -0.15) is 5.26 Å². The van der Waals surface area contributed by atoms with Crippen LogP contribution in [0.4, 0.5) is 4.39 Å². The van der Waals surface area contributed by atoms with Crippen LogP contribution in [0.1, 0.15) is 37.1 Å². The molecule has 1 atom stereocenters. The summed E-state index contributed by atoms with van der Waals surface area (Å²) >= 11 is 1.21. The van der Waals surface area contributed by atoms with Gasteiger partial charge in [-0.1, -0.05) is 0 Å². The fourth-order valence-corrected chi connectivity index (χ4v) is 3.76. The minimum atomic E-state index is -0.946. The van der Waals surface area contributed by atoms with E-state index in [-0.39, 0.29) is 22.9 Å². The number of methoxy groups -OCH3 is 1. The second kappa shape index (κ2) is 8.15. The number of dihydropyridines is 1.